The molecule has 0 unspecified atom stereocenters. The number of aromatic nitrogens is 1. The van der Waals surface area contributed by atoms with Gasteiger partial charge in [0.25, 0.3) is 5.91 Å². The monoisotopic (exact) mass is 579 g/mol. The molecule has 5 rings (SSSR count). The second kappa shape index (κ2) is 12.8. The molecule has 1 aromatic heterocycles. The molecule has 9 nitrogen and oxygen atoms in total. The summed E-state index contributed by atoms with van der Waals surface area (Å²) in [6.07, 6.45) is -5.52. The molecule has 0 radical (unpaired) electrons. The van der Waals surface area contributed by atoms with Crippen LogP contribution in [0.15, 0.2) is 36.5 Å². The van der Waals surface area contributed by atoms with Crippen molar-refractivity contribution in [3.05, 3.63) is 42.1 Å². The minimum absolute atomic E-state index is 0.119. The number of fused-ring (bicyclic) bond motifs is 2. The van der Waals surface area contributed by atoms with Gasteiger partial charge in [0.1, 0.15) is 0 Å². The number of alkyl halides is 6. The summed E-state index contributed by atoms with van der Waals surface area (Å²) in [5.74, 6) is -4.34. The molecule has 3 fully saturated rings. The normalized spacial score (nSPS) is 22.6. The number of carbonyl (C=O) groups is 3. The molecule has 2 aromatic rings. The van der Waals surface area contributed by atoms with Crippen molar-refractivity contribution in [2.75, 3.05) is 39.3 Å². The zero-order chi connectivity index (χ0) is 29.7. The lowest BCUT2D eigenvalue weighted by molar-refractivity contribution is -0.193. The number of hydrogen-bond acceptors (Lipinski definition) is 6. The topological polar surface area (TPSA) is 120 Å². The highest BCUT2D eigenvalue weighted by atomic mass is 19.4. The fraction of sp³-hybridized carbons (Fsp3) is 0.520. The molecule has 15 heteroatoms. The van der Waals surface area contributed by atoms with E-state index < -0.39 is 24.3 Å². The van der Waals surface area contributed by atoms with E-state index in [9.17, 15) is 31.1 Å². The molecule has 3 aliphatic heterocycles. The van der Waals surface area contributed by atoms with Crippen LogP contribution in [0.5, 0.6) is 0 Å². The van der Waals surface area contributed by atoms with Crippen molar-refractivity contribution >= 4 is 28.7 Å². The first kappa shape index (κ1) is 31.1. The van der Waals surface area contributed by atoms with Gasteiger partial charge < -0.3 is 24.7 Å². The third-order valence-corrected chi connectivity index (χ3v) is 6.75. The number of benzene rings is 1. The number of carboxylic acid groups (broad SMARTS) is 2. The number of nitrogens with zero attached hydrogens (tertiary/aromatic N) is 3. The van der Waals surface area contributed by atoms with Crippen molar-refractivity contribution < 1.29 is 55.7 Å². The first-order valence-corrected chi connectivity index (χ1v) is 12.2. The number of aliphatic carboxylic acids is 2. The van der Waals surface area contributed by atoms with Gasteiger partial charge in [-0.05, 0) is 50.2 Å². The molecule has 4 heterocycles. The number of ether oxygens (including phenoxy) is 1. The minimum atomic E-state index is -5.08. The van der Waals surface area contributed by atoms with E-state index in [1.54, 1.807) is 6.20 Å². The average molecular weight is 579 g/mol. The van der Waals surface area contributed by atoms with Crippen molar-refractivity contribution in [2.24, 2.45) is 11.8 Å². The van der Waals surface area contributed by atoms with E-state index in [0.717, 1.165) is 42.7 Å². The number of halogens is 6. The molecule has 40 heavy (non-hydrogen) atoms. The molecule has 0 bridgehead atoms. The van der Waals surface area contributed by atoms with Crippen LogP contribution in [-0.2, 0) is 14.3 Å². The van der Waals surface area contributed by atoms with E-state index >= 15 is 0 Å². The summed E-state index contributed by atoms with van der Waals surface area (Å²) < 4.78 is 69.5. The Bertz CT molecular complexity index is 1180. The van der Waals surface area contributed by atoms with E-state index in [0.29, 0.717) is 11.8 Å². The van der Waals surface area contributed by atoms with Gasteiger partial charge in [-0.15, -0.1) is 0 Å². The molecule has 1 amide bonds. The molecule has 0 saturated carbocycles. The maximum absolute atomic E-state index is 13.0. The van der Waals surface area contributed by atoms with Crippen molar-refractivity contribution in [1.82, 2.24) is 14.8 Å². The molecule has 220 valence electrons. The molecule has 3 atom stereocenters. The zero-order valence-corrected chi connectivity index (χ0v) is 21.0. The Morgan fingerprint density at radius 2 is 1.55 bits per heavy atom. The Hall–Kier alpha value is -3.46. The van der Waals surface area contributed by atoms with Gasteiger partial charge in [-0.3, -0.25) is 9.78 Å². The standard InChI is InChI=1S/C21H25N3O2.2C2HF3O2/c25-21(16-5-6-19-15(10-16)4-3-7-22-19)24-12-18-17(14-26-20(18)13-24)11-23-8-1-2-9-23;2*3-2(4,5)1(6)7/h3-7,10,17-18,20H,1-2,8-9,11-14H2;2*(H,6,7)/t17-,18-,20-;;/m1../s1. The number of carboxylic acids is 2. The van der Waals surface area contributed by atoms with Gasteiger partial charge in [-0.25, -0.2) is 9.59 Å². The molecule has 3 saturated heterocycles. The lowest BCUT2D eigenvalue weighted by atomic mass is 9.93. The Morgan fingerprint density at radius 1 is 0.950 bits per heavy atom. The molecule has 0 aliphatic carbocycles. The molecule has 2 N–H and O–H groups in total. The number of amides is 1. The SMILES string of the molecule is O=C(O)C(F)(F)F.O=C(O)C(F)(F)F.O=C(c1ccc2ncccc2c1)N1C[C@@H]2[C@H](CN3CCCC3)CO[C@@H]2C1. The van der Waals surface area contributed by atoms with Crippen LogP contribution in [0.2, 0.25) is 0 Å². The summed E-state index contributed by atoms with van der Waals surface area (Å²) >= 11 is 0. The quantitative estimate of drug-likeness (QED) is 0.529. The van der Waals surface area contributed by atoms with E-state index in [2.05, 4.69) is 9.88 Å². The van der Waals surface area contributed by atoms with Crippen LogP contribution in [-0.4, -0.2) is 101 Å². The third-order valence-electron chi connectivity index (χ3n) is 6.75. The van der Waals surface area contributed by atoms with Crippen molar-refractivity contribution in [3.63, 3.8) is 0 Å². The second-order valence-corrected chi connectivity index (χ2v) is 9.53. The predicted molar refractivity (Wildman–Crippen MR) is 127 cm³/mol. The number of hydrogen-bond donors (Lipinski definition) is 2. The Morgan fingerprint density at radius 3 is 2.12 bits per heavy atom. The maximum Gasteiger partial charge on any atom is 0.490 e. The zero-order valence-electron chi connectivity index (χ0n) is 21.0. The van der Waals surface area contributed by atoms with E-state index in [1.807, 2.05) is 35.2 Å². The van der Waals surface area contributed by atoms with Crippen LogP contribution >= 0.6 is 0 Å². The fourth-order valence-corrected chi connectivity index (χ4v) is 4.84. The summed E-state index contributed by atoms with van der Waals surface area (Å²) in [5, 5.41) is 15.3. The highest BCUT2D eigenvalue weighted by molar-refractivity contribution is 5.98. The Labute approximate surface area is 224 Å². The van der Waals surface area contributed by atoms with E-state index in [4.69, 9.17) is 24.5 Å². The molecule has 1 aromatic carbocycles. The number of likely N-dealkylation sites (tertiary alicyclic amines) is 2. The van der Waals surface area contributed by atoms with Gasteiger partial charge in [0.15, 0.2) is 0 Å². The summed E-state index contributed by atoms with van der Waals surface area (Å²) in [4.78, 5) is 39.7. The highest BCUT2D eigenvalue weighted by Gasteiger charge is 2.45. The summed E-state index contributed by atoms with van der Waals surface area (Å²) in [6, 6.07) is 9.71. The van der Waals surface area contributed by atoms with Gasteiger partial charge in [0, 0.05) is 48.6 Å². The van der Waals surface area contributed by atoms with Crippen molar-refractivity contribution in [2.45, 2.75) is 31.3 Å². The summed E-state index contributed by atoms with van der Waals surface area (Å²) in [6.45, 7) is 5.99. The van der Waals surface area contributed by atoms with Crippen molar-refractivity contribution in [3.8, 4) is 0 Å². The molecular weight excluding hydrogens is 552 g/mol. The number of rotatable bonds is 3. The van der Waals surface area contributed by atoms with Crippen LogP contribution in [0.25, 0.3) is 10.9 Å². The van der Waals surface area contributed by atoms with Crippen LogP contribution in [0.3, 0.4) is 0 Å². The number of carbonyl (C=O) groups excluding carboxylic acids is 1. The van der Waals surface area contributed by atoms with Crippen LogP contribution in [0.4, 0.5) is 26.3 Å². The molecular formula is C25H27F6N3O6. The molecule has 0 spiro atoms. The fourth-order valence-electron chi connectivity index (χ4n) is 4.84. The van der Waals surface area contributed by atoms with Gasteiger partial charge >= 0.3 is 24.3 Å². The van der Waals surface area contributed by atoms with Crippen LogP contribution in [0, 0.1) is 11.8 Å². The first-order chi connectivity index (χ1) is 18.7. The predicted octanol–water partition coefficient (Wildman–Crippen LogP) is 3.68. The maximum atomic E-state index is 13.0. The van der Waals surface area contributed by atoms with E-state index in [1.165, 1.54) is 25.9 Å². The summed E-state index contributed by atoms with van der Waals surface area (Å²) in [7, 11) is 0. The lowest BCUT2D eigenvalue weighted by Gasteiger charge is -2.24. The van der Waals surface area contributed by atoms with Gasteiger partial charge in [-0.1, -0.05) is 6.07 Å². The van der Waals surface area contributed by atoms with Crippen LogP contribution < -0.4 is 0 Å². The third kappa shape index (κ3) is 8.27. The van der Waals surface area contributed by atoms with Crippen LogP contribution in [0.1, 0.15) is 23.2 Å². The summed E-state index contributed by atoms with van der Waals surface area (Å²) in [5.41, 5.74) is 1.68. The van der Waals surface area contributed by atoms with Gasteiger partial charge in [0.05, 0.1) is 18.2 Å². The van der Waals surface area contributed by atoms with E-state index in [-0.39, 0.29) is 12.0 Å². The van der Waals surface area contributed by atoms with Gasteiger partial charge in [0.2, 0.25) is 0 Å². The Kier molecular flexibility index (Phi) is 9.95. The molecule has 3 aliphatic rings. The lowest BCUT2D eigenvalue weighted by Crippen LogP contribution is -2.34. The largest absolute Gasteiger partial charge is 0.490 e. The Balaban J connectivity index is 0.000000263. The number of pyridine rings is 1. The minimum Gasteiger partial charge on any atom is -0.475 e. The second-order valence-electron chi connectivity index (χ2n) is 9.53. The van der Waals surface area contributed by atoms with Crippen molar-refractivity contribution in [1.29, 1.82) is 0 Å². The highest BCUT2D eigenvalue weighted by Crippen LogP contribution is 2.35. The first-order valence-electron chi connectivity index (χ1n) is 12.2. The smallest absolute Gasteiger partial charge is 0.475 e. The average Bonchev–Trinajstić information content (AvgIpc) is 3.62. The van der Waals surface area contributed by atoms with Gasteiger partial charge in [-0.2, -0.15) is 26.3 Å².